The molecule has 0 amide bonds. The van der Waals surface area contributed by atoms with Crippen LogP contribution in [0.4, 0.5) is 8.78 Å². The molecule has 1 heterocycles. The molecule has 6 nitrogen and oxygen atoms in total. The Hall–Kier alpha value is -2.22. The maximum Gasteiger partial charge on any atom is 0.387 e. The van der Waals surface area contributed by atoms with Crippen LogP contribution in [0.1, 0.15) is 56.8 Å². The third kappa shape index (κ3) is 4.79. The van der Waals surface area contributed by atoms with Crippen molar-refractivity contribution in [1.82, 2.24) is 10.1 Å². The van der Waals surface area contributed by atoms with Gasteiger partial charge in [-0.1, -0.05) is 18.1 Å². The number of benzene rings is 1. The molecule has 0 bridgehead atoms. The highest BCUT2D eigenvalue weighted by Crippen LogP contribution is 2.39. The van der Waals surface area contributed by atoms with E-state index >= 15 is 0 Å². The number of alkyl halides is 2. The first kappa shape index (κ1) is 20.5. The molecule has 0 spiro atoms. The molecule has 0 aliphatic heterocycles. The van der Waals surface area contributed by atoms with E-state index in [2.05, 4.69) is 21.8 Å². The van der Waals surface area contributed by atoms with Crippen molar-refractivity contribution in [3.63, 3.8) is 0 Å². The molecule has 1 aliphatic carbocycles. The summed E-state index contributed by atoms with van der Waals surface area (Å²) in [6.07, 6.45) is 4.50. The largest absolute Gasteiger partial charge is 0.490 e. The zero-order valence-electron chi connectivity index (χ0n) is 16.4. The molecule has 0 saturated heterocycles. The predicted molar refractivity (Wildman–Crippen MR) is 98.0 cm³/mol. The van der Waals surface area contributed by atoms with E-state index in [0.29, 0.717) is 30.8 Å². The lowest BCUT2D eigenvalue weighted by Crippen LogP contribution is -2.31. The number of nitrogens with zero attached hydrogens (tertiary/aromatic N) is 2. The zero-order chi connectivity index (χ0) is 20.1. The van der Waals surface area contributed by atoms with E-state index in [1.807, 2.05) is 0 Å². The van der Waals surface area contributed by atoms with Gasteiger partial charge < -0.3 is 18.7 Å². The van der Waals surface area contributed by atoms with Gasteiger partial charge in [-0.05, 0) is 50.3 Å². The van der Waals surface area contributed by atoms with E-state index in [0.717, 1.165) is 31.2 Å². The fourth-order valence-electron chi connectivity index (χ4n) is 3.56. The van der Waals surface area contributed by atoms with Crippen molar-refractivity contribution in [2.24, 2.45) is 0 Å². The van der Waals surface area contributed by atoms with Gasteiger partial charge in [0.25, 0.3) is 0 Å². The van der Waals surface area contributed by atoms with Crippen LogP contribution in [0.15, 0.2) is 22.7 Å². The van der Waals surface area contributed by atoms with E-state index < -0.39 is 6.61 Å². The first-order chi connectivity index (χ1) is 13.4. The third-order valence-corrected chi connectivity index (χ3v) is 5.24. The Morgan fingerprint density at radius 2 is 2.00 bits per heavy atom. The van der Waals surface area contributed by atoms with Crippen LogP contribution in [-0.2, 0) is 16.6 Å². The molecule has 1 fully saturated rings. The van der Waals surface area contributed by atoms with Crippen molar-refractivity contribution in [3.8, 4) is 11.5 Å². The van der Waals surface area contributed by atoms with Crippen LogP contribution in [-0.4, -0.2) is 36.6 Å². The minimum atomic E-state index is -2.90. The van der Waals surface area contributed by atoms with Gasteiger partial charge in [0.2, 0.25) is 5.89 Å². The average molecular weight is 396 g/mol. The quantitative estimate of drug-likeness (QED) is 0.654. The summed E-state index contributed by atoms with van der Waals surface area (Å²) in [7, 11) is 1.74. The van der Waals surface area contributed by atoms with Crippen molar-refractivity contribution in [2.45, 2.75) is 64.1 Å². The third-order valence-electron chi connectivity index (χ3n) is 5.24. The van der Waals surface area contributed by atoms with E-state index in [1.54, 1.807) is 26.2 Å². The lowest BCUT2D eigenvalue weighted by Gasteiger charge is -2.33. The Balaban J connectivity index is 1.72. The molecule has 0 N–H and O–H groups in total. The van der Waals surface area contributed by atoms with Crippen LogP contribution in [0.25, 0.3) is 0 Å². The molecular formula is C20H26F2N2O4. The van der Waals surface area contributed by atoms with E-state index in [9.17, 15) is 8.78 Å². The van der Waals surface area contributed by atoms with Crippen molar-refractivity contribution < 1.29 is 27.5 Å². The number of hydrogen-bond donors (Lipinski definition) is 0. The molecule has 8 heteroatoms. The summed E-state index contributed by atoms with van der Waals surface area (Å²) in [6, 6.07) is 4.84. The number of rotatable bonds is 8. The molecule has 2 aromatic rings. The fourth-order valence-corrected chi connectivity index (χ4v) is 3.56. The monoisotopic (exact) mass is 396 g/mol. The number of aromatic nitrogens is 2. The number of ether oxygens (including phenoxy) is 3. The average Bonchev–Trinajstić information content (AvgIpc) is 3.14. The second-order valence-corrected chi connectivity index (χ2v) is 7.28. The Bertz CT molecular complexity index is 773. The van der Waals surface area contributed by atoms with Crippen LogP contribution in [0, 0.1) is 0 Å². The minimum absolute atomic E-state index is 0.0109. The lowest BCUT2D eigenvalue weighted by molar-refractivity contribution is -0.0514. The highest BCUT2D eigenvalue weighted by atomic mass is 19.3. The van der Waals surface area contributed by atoms with E-state index in [-0.39, 0.29) is 16.9 Å². The number of methoxy groups -OCH3 is 1. The van der Waals surface area contributed by atoms with E-state index in [1.165, 1.54) is 6.07 Å². The fraction of sp³-hybridized carbons (Fsp3) is 0.600. The zero-order valence-corrected chi connectivity index (χ0v) is 16.4. The van der Waals surface area contributed by atoms with Gasteiger partial charge in [-0.2, -0.15) is 13.8 Å². The maximum absolute atomic E-state index is 12.5. The van der Waals surface area contributed by atoms with Crippen LogP contribution in [0.3, 0.4) is 0 Å². The molecule has 0 unspecified atom stereocenters. The van der Waals surface area contributed by atoms with Gasteiger partial charge in [-0.15, -0.1) is 0 Å². The van der Waals surface area contributed by atoms with Crippen molar-refractivity contribution in [2.75, 3.05) is 13.7 Å². The van der Waals surface area contributed by atoms with Gasteiger partial charge in [-0.25, -0.2) is 0 Å². The Kier molecular flexibility index (Phi) is 6.49. The highest BCUT2D eigenvalue weighted by Gasteiger charge is 2.37. The molecule has 1 aromatic heterocycles. The number of halogens is 2. The molecule has 28 heavy (non-hydrogen) atoms. The Labute approximate surface area is 163 Å². The van der Waals surface area contributed by atoms with Crippen molar-refractivity contribution >= 4 is 0 Å². The van der Waals surface area contributed by atoms with Crippen LogP contribution < -0.4 is 9.47 Å². The summed E-state index contributed by atoms with van der Waals surface area (Å²) in [6.45, 7) is 1.36. The molecule has 1 aliphatic rings. The highest BCUT2D eigenvalue weighted by molar-refractivity contribution is 5.43. The molecule has 154 valence electrons. The summed E-state index contributed by atoms with van der Waals surface area (Å²) < 4.78 is 46.0. The topological polar surface area (TPSA) is 66.6 Å². The normalized spacial score (nSPS) is 22.4. The van der Waals surface area contributed by atoms with Gasteiger partial charge in [0, 0.05) is 18.9 Å². The van der Waals surface area contributed by atoms with Crippen LogP contribution in [0.2, 0.25) is 0 Å². The SMILES string of the molecule is CCOc1cc(Cc2noc(C3(C)CCC(OC)CC3)n2)ccc1OC(F)F. The molecule has 1 saturated carbocycles. The second kappa shape index (κ2) is 8.86. The maximum atomic E-state index is 12.5. The summed E-state index contributed by atoms with van der Waals surface area (Å²) in [5, 5.41) is 4.11. The van der Waals surface area contributed by atoms with E-state index in [4.69, 9.17) is 14.0 Å². The lowest BCUT2D eigenvalue weighted by atomic mass is 9.74. The smallest absolute Gasteiger partial charge is 0.387 e. The molecule has 0 atom stereocenters. The molecule has 3 rings (SSSR count). The first-order valence-electron chi connectivity index (χ1n) is 9.50. The molecule has 1 aromatic carbocycles. The summed E-state index contributed by atoms with van der Waals surface area (Å²) >= 11 is 0. The number of hydrogen-bond acceptors (Lipinski definition) is 6. The standard InChI is InChI=1S/C20H26F2N2O4/c1-4-26-16-11-13(5-6-15(16)27-19(21)22)12-17-23-18(28-24-17)20(2)9-7-14(25-3)8-10-20/h5-6,11,14,19H,4,7-10,12H2,1-3H3. The van der Waals surface area contributed by atoms with Crippen LogP contribution in [0.5, 0.6) is 11.5 Å². The van der Waals surface area contributed by atoms with Crippen molar-refractivity contribution in [3.05, 3.63) is 35.5 Å². The Morgan fingerprint density at radius 1 is 1.25 bits per heavy atom. The van der Waals surface area contributed by atoms with Gasteiger partial charge in [0.05, 0.1) is 12.7 Å². The summed E-state index contributed by atoms with van der Waals surface area (Å²) in [5.41, 5.74) is 0.678. The van der Waals surface area contributed by atoms with Gasteiger partial charge in [0.15, 0.2) is 17.3 Å². The predicted octanol–water partition coefficient (Wildman–Crippen LogP) is 4.51. The molecular weight excluding hydrogens is 370 g/mol. The first-order valence-corrected chi connectivity index (χ1v) is 9.50. The van der Waals surface area contributed by atoms with Gasteiger partial charge >= 0.3 is 6.61 Å². The summed E-state index contributed by atoms with van der Waals surface area (Å²) in [5.74, 6) is 1.47. The van der Waals surface area contributed by atoms with Gasteiger partial charge in [-0.3, -0.25) is 0 Å². The van der Waals surface area contributed by atoms with Crippen molar-refractivity contribution in [1.29, 1.82) is 0 Å². The van der Waals surface area contributed by atoms with Crippen LogP contribution >= 0.6 is 0 Å². The van der Waals surface area contributed by atoms with Gasteiger partial charge in [0.1, 0.15) is 0 Å². The second-order valence-electron chi connectivity index (χ2n) is 7.28. The molecule has 0 radical (unpaired) electrons. The Morgan fingerprint density at radius 3 is 2.64 bits per heavy atom. The summed E-state index contributed by atoms with van der Waals surface area (Å²) in [4.78, 5) is 4.59. The minimum Gasteiger partial charge on any atom is -0.490 e.